The molecule has 0 aliphatic carbocycles. The largest absolute Gasteiger partial charge is 0.465 e. The Morgan fingerprint density at radius 1 is 1.04 bits per heavy atom. The van der Waals surface area contributed by atoms with Gasteiger partial charge in [0.15, 0.2) is 0 Å². The number of methoxy groups -OCH3 is 1. The summed E-state index contributed by atoms with van der Waals surface area (Å²) in [7, 11) is 1.35. The molecule has 132 valence electrons. The summed E-state index contributed by atoms with van der Waals surface area (Å²) in [6.07, 6.45) is 1.66. The summed E-state index contributed by atoms with van der Waals surface area (Å²) in [6, 6.07) is 19.1. The zero-order valence-electron chi connectivity index (χ0n) is 14.6. The molecular formula is C20H20N4O2. The van der Waals surface area contributed by atoms with Gasteiger partial charge in [0, 0.05) is 12.2 Å². The van der Waals surface area contributed by atoms with E-state index in [0.717, 1.165) is 5.56 Å². The highest BCUT2D eigenvalue weighted by Gasteiger charge is 2.12. The number of ether oxygens (including phenoxy) is 1. The lowest BCUT2D eigenvalue weighted by molar-refractivity contribution is 0.0602. The van der Waals surface area contributed by atoms with Crippen LogP contribution in [0.4, 0.5) is 17.5 Å². The van der Waals surface area contributed by atoms with Crippen LogP contribution in [0.3, 0.4) is 0 Å². The highest BCUT2D eigenvalue weighted by atomic mass is 16.5. The first-order valence-corrected chi connectivity index (χ1v) is 8.26. The predicted octanol–water partition coefficient (Wildman–Crippen LogP) is 4.18. The van der Waals surface area contributed by atoms with Crippen molar-refractivity contribution in [2.75, 3.05) is 17.7 Å². The van der Waals surface area contributed by atoms with E-state index in [1.807, 2.05) is 24.3 Å². The van der Waals surface area contributed by atoms with E-state index in [4.69, 9.17) is 4.74 Å². The van der Waals surface area contributed by atoms with E-state index < -0.39 is 5.97 Å². The van der Waals surface area contributed by atoms with Crippen molar-refractivity contribution in [3.63, 3.8) is 0 Å². The van der Waals surface area contributed by atoms with Crippen LogP contribution in [0.1, 0.15) is 28.9 Å². The van der Waals surface area contributed by atoms with E-state index in [2.05, 4.69) is 39.7 Å². The zero-order valence-corrected chi connectivity index (χ0v) is 14.6. The monoisotopic (exact) mass is 348 g/mol. The molecule has 2 aromatic carbocycles. The lowest BCUT2D eigenvalue weighted by atomic mass is 10.1. The third-order valence-corrected chi connectivity index (χ3v) is 3.90. The number of carbonyl (C=O) groups is 1. The van der Waals surface area contributed by atoms with Gasteiger partial charge in [-0.3, -0.25) is 0 Å². The molecule has 0 bridgehead atoms. The van der Waals surface area contributed by atoms with Crippen molar-refractivity contribution in [3.8, 4) is 0 Å². The molecule has 0 saturated heterocycles. The number of rotatable bonds is 6. The summed E-state index contributed by atoms with van der Waals surface area (Å²) < 4.78 is 4.81. The van der Waals surface area contributed by atoms with Crippen molar-refractivity contribution >= 4 is 23.4 Å². The average molecular weight is 348 g/mol. The number of nitrogens with one attached hydrogen (secondary N) is 2. The van der Waals surface area contributed by atoms with E-state index in [9.17, 15) is 4.79 Å². The first-order valence-electron chi connectivity index (χ1n) is 8.26. The van der Waals surface area contributed by atoms with E-state index in [1.165, 1.54) is 7.11 Å². The number of hydrogen-bond donors (Lipinski definition) is 2. The van der Waals surface area contributed by atoms with Crippen LogP contribution in [0.5, 0.6) is 0 Å². The molecule has 0 aliphatic rings. The van der Waals surface area contributed by atoms with E-state index in [-0.39, 0.29) is 6.04 Å². The van der Waals surface area contributed by atoms with Gasteiger partial charge in [-0.05, 0) is 30.7 Å². The summed E-state index contributed by atoms with van der Waals surface area (Å²) >= 11 is 0. The van der Waals surface area contributed by atoms with Gasteiger partial charge in [-0.25, -0.2) is 9.78 Å². The first kappa shape index (κ1) is 17.4. The molecule has 3 aromatic rings. The summed E-state index contributed by atoms with van der Waals surface area (Å²) in [5, 5.41) is 6.43. The van der Waals surface area contributed by atoms with Gasteiger partial charge < -0.3 is 15.4 Å². The molecule has 0 amide bonds. The fourth-order valence-corrected chi connectivity index (χ4v) is 2.55. The Hall–Kier alpha value is -3.41. The molecule has 0 spiro atoms. The summed E-state index contributed by atoms with van der Waals surface area (Å²) in [5.74, 6) is 0.668. The molecule has 0 radical (unpaired) electrons. The van der Waals surface area contributed by atoms with Gasteiger partial charge in [0.05, 0.1) is 18.4 Å². The SMILES string of the molecule is COC(=O)c1ccccc1Nc1nccc(NC(C)c2ccccc2)n1. The Balaban J connectivity index is 1.77. The van der Waals surface area contributed by atoms with Gasteiger partial charge in [-0.2, -0.15) is 4.98 Å². The van der Waals surface area contributed by atoms with Gasteiger partial charge in [0.2, 0.25) is 5.95 Å². The minimum absolute atomic E-state index is 0.0984. The van der Waals surface area contributed by atoms with Gasteiger partial charge in [0.25, 0.3) is 0 Å². The second kappa shape index (κ2) is 8.11. The molecule has 3 rings (SSSR count). The van der Waals surface area contributed by atoms with Crippen LogP contribution in [-0.4, -0.2) is 23.0 Å². The third kappa shape index (κ3) is 4.16. The van der Waals surface area contributed by atoms with Crippen LogP contribution in [0, 0.1) is 0 Å². The fourth-order valence-electron chi connectivity index (χ4n) is 2.55. The minimum Gasteiger partial charge on any atom is -0.465 e. The Labute approximate surface area is 152 Å². The predicted molar refractivity (Wildman–Crippen MR) is 102 cm³/mol. The Kier molecular flexibility index (Phi) is 5.43. The van der Waals surface area contributed by atoms with Crippen molar-refractivity contribution in [2.24, 2.45) is 0 Å². The highest BCUT2D eigenvalue weighted by Crippen LogP contribution is 2.21. The summed E-state index contributed by atoms with van der Waals surface area (Å²) in [4.78, 5) is 20.6. The molecule has 2 N–H and O–H groups in total. The molecule has 1 unspecified atom stereocenters. The van der Waals surface area contributed by atoms with Crippen molar-refractivity contribution in [1.29, 1.82) is 0 Å². The van der Waals surface area contributed by atoms with E-state index in [0.29, 0.717) is 23.0 Å². The number of anilines is 3. The highest BCUT2D eigenvalue weighted by molar-refractivity contribution is 5.96. The molecule has 0 fully saturated rings. The number of aromatic nitrogens is 2. The van der Waals surface area contributed by atoms with E-state index in [1.54, 1.807) is 30.5 Å². The van der Waals surface area contributed by atoms with Crippen molar-refractivity contribution in [3.05, 3.63) is 78.0 Å². The minimum atomic E-state index is -0.417. The average Bonchev–Trinajstić information content (AvgIpc) is 2.69. The van der Waals surface area contributed by atoms with Crippen LogP contribution in [0.25, 0.3) is 0 Å². The number of benzene rings is 2. The van der Waals surface area contributed by atoms with Crippen LogP contribution < -0.4 is 10.6 Å². The van der Waals surface area contributed by atoms with Crippen LogP contribution in [-0.2, 0) is 4.74 Å². The smallest absolute Gasteiger partial charge is 0.339 e. The molecule has 26 heavy (non-hydrogen) atoms. The fraction of sp³-hybridized carbons (Fsp3) is 0.150. The molecule has 6 heteroatoms. The molecular weight excluding hydrogens is 328 g/mol. The van der Waals surface area contributed by atoms with Crippen molar-refractivity contribution < 1.29 is 9.53 Å². The third-order valence-electron chi connectivity index (χ3n) is 3.90. The van der Waals surface area contributed by atoms with Crippen LogP contribution in [0.2, 0.25) is 0 Å². The number of carbonyl (C=O) groups excluding carboxylic acids is 1. The molecule has 6 nitrogen and oxygen atoms in total. The normalized spacial score (nSPS) is 11.5. The summed E-state index contributed by atoms with van der Waals surface area (Å²) in [5.41, 5.74) is 2.18. The van der Waals surface area contributed by atoms with E-state index >= 15 is 0 Å². The number of nitrogens with zero attached hydrogens (tertiary/aromatic N) is 2. The maximum absolute atomic E-state index is 11.9. The second-order valence-electron chi connectivity index (χ2n) is 5.70. The van der Waals surface area contributed by atoms with Gasteiger partial charge in [0.1, 0.15) is 5.82 Å². The van der Waals surface area contributed by atoms with Crippen LogP contribution in [0.15, 0.2) is 66.9 Å². The standard InChI is InChI=1S/C20H20N4O2/c1-14(15-8-4-3-5-9-15)22-18-12-13-21-20(24-18)23-17-11-7-6-10-16(17)19(25)26-2/h3-14H,1-2H3,(H2,21,22,23,24). The number of hydrogen-bond acceptors (Lipinski definition) is 6. The molecule has 1 heterocycles. The first-order chi connectivity index (χ1) is 12.7. The molecule has 1 atom stereocenters. The topological polar surface area (TPSA) is 76.1 Å². The van der Waals surface area contributed by atoms with Crippen molar-refractivity contribution in [1.82, 2.24) is 9.97 Å². The Bertz CT molecular complexity index is 884. The lowest BCUT2D eigenvalue weighted by Gasteiger charge is -2.15. The molecule has 1 aromatic heterocycles. The number of para-hydroxylation sites is 1. The molecule has 0 aliphatic heterocycles. The quantitative estimate of drug-likeness (QED) is 0.651. The van der Waals surface area contributed by atoms with Crippen molar-refractivity contribution in [2.45, 2.75) is 13.0 Å². The zero-order chi connectivity index (χ0) is 18.4. The van der Waals surface area contributed by atoms with Gasteiger partial charge >= 0.3 is 5.97 Å². The molecule has 0 saturated carbocycles. The Morgan fingerprint density at radius 2 is 1.77 bits per heavy atom. The van der Waals surface area contributed by atoms with Gasteiger partial charge in [-0.1, -0.05) is 42.5 Å². The van der Waals surface area contributed by atoms with Crippen LogP contribution >= 0.6 is 0 Å². The van der Waals surface area contributed by atoms with Gasteiger partial charge in [-0.15, -0.1) is 0 Å². The summed E-state index contributed by atoms with van der Waals surface area (Å²) in [6.45, 7) is 2.07. The maximum atomic E-state index is 11.9. The Morgan fingerprint density at radius 3 is 2.54 bits per heavy atom. The number of esters is 1. The second-order valence-corrected chi connectivity index (χ2v) is 5.70. The maximum Gasteiger partial charge on any atom is 0.339 e. The lowest BCUT2D eigenvalue weighted by Crippen LogP contribution is -2.10.